The number of nitrogens with zero attached hydrogens (tertiary/aromatic N) is 1. The summed E-state index contributed by atoms with van der Waals surface area (Å²) in [5, 5.41) is 0. The second kappa shape index (κ2) is 7.06. The van der Waals surface area contributed by atoms with Crippen molar-refractivity contribution in [1.29, 1.82) is 0 Å². The van der Waals surface area contributed by atoms with E-state index in [1.807, 2.05) is 0 Å². The Morgan fingerprint density at radius 3 is 2.72 bits per heavy atom. The molecule has 106 valence electrons. The molecule has 0 N–H and O–H groups in total. The van der Waals surface area contributed by atoms with E-state index in [0.717, 1.165) is 12.8 Å². The van der Waals surface area contributed by atoms with Gasteiger partial charge in [-0.25, -0.2) is 8.42 Å². The maximum atomic E-state index is 12.0. The van der Waals surface area contributed by atoms with E-state index in [4.69, 9.17) is 4.74 Å². The molecule has 1 saturated heterocycles. The average molecular weight is 279 g/mol. The summed E-state index contributed by atoms with van der Waals surface area (Å²) in [4.78, 5) is 10.9. The third-order valence-corrected chi connectivity index (χ3v) is 5.00. The molecule has 0 spiro atoms. The van der Waals surface area contributed by atoms with Crippen LogP contribution in [-0.4, -0.2) is 57.9 Å². The zero-order valence-corrected chi connectivity index (χ0v) is 11.7. The molecule has 1 fully saturated rings. The topological polar surface area (TPSA) is 72.9 Å². The van der Waals surface area contributed by atoms with Gasteiger partial charge >= 0.3 is 5.97 Å². The molecule has 7 heteroatoms. The van der Waals surface area contributed by atoms with Gasteiger partial charge in [0.2, 0.25) is 10.0 Å². The number of hydrogen-bond donors (Lipinski definition) is 0. The number of esters is 1. The minimum atomic E-state index is -3.28. The van der Waals surface area contributed by atoms with Gasteiger partial charge in [-0.1, -0.05) is 0 Å². The van der Waals surface area contributed by atoms with Gasteiger partial charge in [0.15, 0.2) is 0 Å². The van der Waals surface area contributed by atoms with Crippen molar-refractivity contribution in [3.8, 4) is 0 Å². The standard InChI is InChI=1S/C11H21NO5S/c1-16-10-5-3-7-12(9-10)18(14,15)8-4-6-11(13)17-2/h10H,3-9H2,1-2H3. The number of hydrogen-bond acceptors (Lipinski definition) is 5. The summed E-state index contributed by atoms with van der Waals surface area (Å²) in [6.07, 6.45) is 2.12. The van der Waals surface area contributed by atoms with Crippen LogP contribution in [0, 0.1) is 0 Å². The number of methoxy groups -OCH3 is 2. The molecule has 1 heterocycles. The lowest BCUT2D eigenvalue weighted by atomic mass is 10.1. The largest absolute Gasteiger partial charge is 0.469 e. The van der Waals surface area contributed by atoms with Gasteiger partial charge in [0.05, 0.1) is 19.0 Å². The van der Waals surface area contributed by atoms with Gasteiger partial charge in [-0.3, -0.25) is 4.79 Å². The summed E-state index contributed by atoms with van der Waals surface area (Å²) in [7, 11) is -0.393. The Hall–Kier alpha value is -0.660. The molecule has 1 rings (SSSR count). The summed E-state index contributed by atoms with van der Waals surface area (Å²) in [6, 6.07) is 0. The normalized spacial score (nSPS) is 21.8. The molecule has 0 bridgehead atoms. The van der Waals surface area contributed by atoms with Crippen LogP contribution >= 0.6 is 0 Å². The lowest BCUT2D eigenvalue weighted by Gasteiger charge is -2.31. The van der Waals surface area contributed by atoms with Crippen LogP contribution in [0.4, 0.5) is 0 Å². The van der Waals surface area contributed by atoms with Crippen LogP contribution in [0.5, 0.6) is 0 Å². The highest BCUT2D eigenvalue weighted by Crippen LogP contribution is 2.17. The van der Waals surface area contributed by atoms with Crippen molar-refractivity contribution in [2.24, 2.45) is 0 Å². The maximum Gasteiger partial charge on any atom is 0.305 e. The molecule has 1 atom stereocenters. The summed E-state index contributed by atoms with van der Waals surface area (Å²) in [6.45, 7) is 0.956. The van der Waals surface area contributed by atoms with E-state index in [-0.39, 0.29) is 24.2 Å². The van der Waals surface area contributed by atoms with Gasteiger partial charge < -0.3 is 9.47 Å². The van der Waals surface area contributed by atoms with E-state index in [9.17, 15) is 13.2 Å². The van der Waals surface area contributed by atoms with E-state index in [1.54, 1.807) is 7.11 Å². The number of rotatable bonds is 6. The Morgan fingerprint density at radius 1 is 1.39 bits per heavy atom. The lowest BCUT2D eigenvalue weighted by molar-refractivity contribution is -0.140. The predicted molar refractivity (Wildman–Crippen MR) is 66.6 cm³/mol. The molecule has 0 amide bonds. The number of piperidine rings is 1. The van der Waals surface area contributed by atoms with Gasteiger partial charge in [0.25, 0.3) is 0 Å². The molecular formula is C11H21NO5S. The average Bonchev–Trinajstić information content (AvgIpc) is 2.38. The number of sulfonamides is 1. The van der Waals surface area contributed by atoms with Crippen molar-refractivity contribution < 1.29 is 22.7 Å². The number of carbonyl (C=O) groups excluding carboxylic acids is 1. The van der Waals surface area contributed by atoms with Gasteiger partial charge in [0, 0.05) is 26.6 Å². The van der Waals surface area contributed by atoms with Gasteiger partial charge in [-0.05, 0) is 19.3 Å². The third kappa shape index (κ3) is 4.55. The fourth-order valence-electron chi connectivity index (χ4n) is 1.98. The molecule has 0 aromatic rings. The molecule has 18 heavy (non-hydrogen) atoms. The molecule has 0 aromatic carbocycles. The maximum absolute atomic E-state index is 12.0. The first-order valence-electron chi connectivity index (χ1n) is 6.07. The Morgan fingerprint density at radius 2 is 2.11 bits per heavy atom. The van der Waals surface area contributed by atoms with Gasteiger partial charge in [0.1, 0.15) is 0 Å². The van der Waals surface area contributed by atoms with Crippen LogP contribution in [0.25, 0.3) is 0 Å². The Labute approximate surface area is 108 Å². The predicted octanol–water partition coefficient (Wildman–Crippen LogP) is 0.380. The van der Waals surface area contributed by atoms with E-state index in [0.29, 0.717) is 19.5 Å². The summed E-state index contributed by atoms with van der Waals surface area (Å²) >= 11 is 0. The van der Waals surface area contributed by atoms with E-state index < -0.39 is 10.0 Å². The summed E-state index contributed by atoms with van der Waals surface area (Å²) in [5.74, 6) is -0.392. The smallest absolute Gasteiger partial charge is 0.305 e. The Bertz CT molecular complexity index is 368. The molecule has 0 aliphatic carbocycles. The van der Waals surface area contributed by atoms with Gasteiger partial charge in [-0.15, -0.1) is 0 Å². The first-order valence-corrected chi connectivity index (χ1v) is 7.68. The van der Waals surface area contributed by atoms with Crippen molar-refractivity contribution in [2.75, 3.05) is 33.1 Å². The van der Waals surface area contributed by atoms with Crippen molar-refractivity contribution in [2.45, 2.75) is 31.8 Å². The van der Waals surface area contributed by atoms with E-state index >= 15 is 0 Å². The van der Waals surface area contributed by atoms with Gasteiger partial charge in [-0.2, -0.15) is 4.31 Å². The monoisotopic (exact) mass is 279 g/mol. The molecule has 0 saturated carbocycles. The van der Waals surface area contributed by atoms with E-state index in [1.165, 1.54) is 11.4 Å². The van der Waals surface area contributed by atoms with E-state index in [2.05, 4.69) is 4.74 Å². The van der Waals surface area contributed by atoms with Crippen LogP contribution in [0.3, 0.4) is 0 Å². The number of carbonyl (C=O) groups is 1. The molecule has 0 radical (unpaired) electrons. The fourth-order valence-corrected chi connectivity index (χ4v) is 3.55. The van der Waals surface area contributed by atoms with Crippen LogP contribution < -0.4 is 0 Å². The molecular weight excluding hydrogens is 258 g/mol. The Balaban J connectivity index is 2.45. The molecule has 6 nitrogen and oxygen atoms in total. The Kier molecular flexibility index (Phi) is 6.04. The van der Waals surface area contributed by atoms with Crippen LogP contribution in [-0.2, 0) is 24.3 Å². The van der Waals surface area contributed by atoms with Crippen LogP contribution in [0.15, 0.2) is 0 Å². The minimum Gasteiger partial charge on any atom is -0.469 e. The van der Waals surface area contributed by atoms with Crippen molar-refractivity contribution in [3.05, 3.63) is 0 Å². The minimum absolute atomic E-state index is 0.0153. The highest BCUT2D eigenvalue weighted by Gasteiger charge is 2.28. The number of ether oxygens (including phenoxy) is 2. The zero-order valence-electron chi connectivity index (χ0n) is 10.9. The first-order chi connectivity index (χ1) is 8.49. The first kappa shape index (κ1) is 15.4. The molecule has 1 aliphatic rings. The zero-order chi connectivity index (χ0) is 13.6. The molecule has 1 aliphatic heterocycles. The highest BCUT2D eigenvalue weighted by atomic mass is 32.2. The van der Waals surface area contributed by atoms with Crippen LogP contribution in [0.2, 0.25) is 0 Å². The summed E-state index contributed by atoms with van der Waals surface area (Å²) in [5.41, 5.74) is 0. The van der Waals surface area contributed by atoms with Crippen molar-refractivity contribution in [3.63, 3.8) is 0 Å². The third-order valence-electron chi connectivity index (χ3n) is 3.08. The SMILES string of the molecule is COC(=O)CCCS(=O)(=O)N1CCCC(OC)C1. The lowest BCUT2D eigenvalue weighted by Crippen LogP contribution is -2.43. The quantitative estimate of drug-likeness (QED) is 0.657. The van der Waals surface area contributed by atoms with Crippen LogP contribution in [0.1, 0.15) is 25.7 Å². The summed E-state index contributed by atoms with van der Waals surface area (Å²) < 4.78 is 35.2. The highest BCUT2D eigenvalue weighted by molar-refractivity contribution is 7.89. The van der Waals surface area contributed by atoms with Crippen molar-refractivity contribution in [1.82, 2.24) is 4.31 Å². The fraction of sp³-hybridized carbons (Fsp3) is 0.909. The second-order valence-electron chi connectivity index (χ2n) is 4.35. The molecule has 0 aromatic heterocycles. The molecule has 1 unspecified atom stereocenters. The van der Waals surface area contributed by atoms with Crippen molar-refractivity contribution >= 4 is 16.0 Å². The second-order valence-corrected chi connectivity index (χ2v) is 6.44.